The van der Waals surface area contributed by atoms with Crippen LogP contribution in [-0.4, -0.2) is 24.3 Å². The Labute approximate surface area is 123 Å². The molecule has 0 aliphatic heterocycles. The summed E-state index contributed by atoms with van der Waals surface area (Å²) in [6.45, 7) is 2.04. The molecular weight excluding hydrogens is 293 g/mol. The number of sulfonamides is 1. The number of aromatic nitrogens is 1. The Morgan fingerprint density at radius 3 is 2.67 bits per heavy atom. The van der Waals surface area contributed by atoms with E-state index in [1.807, 2.05) is 0 Å². The molecule has 2 rings (SSSR count). The van der Waals surface area contributed by atoms with E-state index in [1.165, 1.54) is 10.4 Å². The number of nitrogen functional groups attached to an aromatic ring is 1. The molecule has 0 saturated heterocycles. The fourth-order valence-electron chi connectivity index (χ4n) is 1.91. The number of pyridine rings is 1. The van der Waals surface area contributed by atoms with Gasteiger partial charge < -0.3 is 5.73 Å². The molecule has 0 spiro atoms. The predicted octanol–water partition coefficient (Wildman–Crippen LogP) is 2.01. The summed E-state index contributed by atoms with van der Waals surface area (Å²) in [4.78, 5) is 3.88. The van der Waals surface area contributed by atoms with Crippen molar-refractivity contribution in [2.45, 2.75) is 18.4 Å². The number of hydrogen-bond acceptors (Lipinski definition) is 4. The Morgan fingerprint density at radius 2 is 2.05 bits per heavy atom. The zero-order valence-electron chi connectivity index (χ0n) is 11.5. The third-order valence-corrected chi connectivity index (χ3v) is 4.99. The standard InChI is InChI=1S/C14H16FN3O2S/c1-2-18(10-12-5-3-4-8-17-12)21(19,20)14-9-11(15)6-7-13(14)16/h3-9H,2,10,16H2,1H3. The second-order valence-electron chi connectivity index (χ2n) is 4.43. The second-order valence-corrected chi connectivity index (χ2v) is 6.34. The largest absolute Gasteiger partial charge is 0.398 e. The van der Waals surface area contributed by atoms with Gasteiger partial charge in [-0.2, -0.15) is 4.31 Å². The Morgan fingerprint density at radius 1 is 1.29 bits per heavy atom. The van der Waals surface area contributed by atoms with Crippen LogP contribution in [0.2, 0.25) is 0 Å². The van der Waals surface area contributed by atoms with Gasteiger partial charge in [0.25, 0.3) is 0 Å². The number of nitrogens with zero attached hydrogens (tertiary/aromatic N) is 2. The highest BCUT2D eigenvalue weighted by atomic mass is 32.2. The van der Waals surface area contributed by atoms with Crippen LogP contribution in [0.5, 0.6) is 0 Å². The van der Waals surface area contributed by atoms with Gasteiger partial charge in [0, 0.05) is 12.7 Å². The molecule has 0 fully saturated rings. The fourth-order valence-corrected chi connectivity index (χ4v) is 3.46. The van der Waals surface area contributed by atoms with Crippen LogP contribution in [-0.2, 0) is 16.6 Å². The molecule has 0 bridgehead atoms. The minimum atomic E-state index is -3.87. The first-order valence-electron chi connectivity index (χ1n) is 6.40. The molecule has 1 aromatic carbocycles. The van der Waals surface area contributed by atoms with Crippen LogP contribution in [0.1, 0.15) is 12.6 Å². The first kappa shape index (κ1) is 15.4. The maximum absolute atomic E-state index is 13.3. The molecule has 0 unspecified atom stereocenters. The minimum absolute atomic E-state index is 0.0240. The fraction of sp³-hybridized carbons (Fsp3) is 0.214. The van der Waals surface area contributed by atoms with Gasteiger partial charge >= 0.3 is 0 Å². The smallest absolute Gasteiger partial charge is 0.245 e. The molecule has 0 atom stereocenters. The summed E-state index contributed by atoms with van der Waals surface area (Å²) in [6, 6.07) is 8.57. The number of rotatable bonds is 5. The maximum atomic E-state index is 13.3. The summed E-state index contributed by atoms with van der Waals surface area (Å²) < 4.78 is 39.7. The number of halogens is 1. The van der Waals surface area contributed by atoms with Gasteiger partial charge in [-0.1, -0.05) is 13.0 Å². The van der Waals surface area contributed by atoms with Crippen molar-refractivity contribution in [2.75, 3.05) is 12.3 Å². The van der Waals surface area contributed by atoms with Gasteiger partial charge in [0.2, 0.25) is 10.0 Å². The Balaban J connectivity index is 2.38. The van der Waals surface area contributed by atoms with Crippen LogP contribution in [0.3, 0.4) is 0 Å². The lowest BCUT2D eigenvalue weighted by Gasteiger charge is -2.21. The Kier molecular flexibility index (Phi) is 4.54. The van der Waals surface area contributed by atoms with E-state index in [-0.39, 0.29) is 23.7 Å². The van der Waals surface area contributed by atoms with E-state index in [2.05, 4.69) is 4.98 Å². The number of hydrogen-bond donors (Lipinski definition) is 1. The van der Waals surface area contributed by atoms with Crippen molar-refractivity contribution in [3.63, 3.8) is 0 Å². The topological polar surface area (TPSA) is 76.3 Å². The third-order valence-electron chi connectivity index (χ3n) is 3.01. The first-order valence-corrected chi connectivity index (χ1v) is 7.84. The van der Waals surface area contributed by atoms with Crippen molar-refractivity contribution in [1.29, 1.82) is 0 Å². The highest BCUT2D eigenvalue weighted by molar-refractivity contribution is 7.89. The molecule has 0 saturated carbocycles. The highest BCUT2D eigenvalue weighted by Crippen LogP contribution is 2.24. The first-order chi connectivity index (χ1) is 9.95. The Hall–Kier alpha value is -1.99. The van der Waals surface area contributed by atoms with Gasteiger partial charge in [0.05, 0.1) is 17.9 Å². The molecule has 5 nitrogen and oxygen atoms in total. The Bertz CT molecular complexity index is 720. The minimum Gasteiger partial charge on any atom is -0.398 e. The van der Waals surface area contributed by atoms with Gasteiger partial charge in [0.15, 0.2) is 0 Å². The van der Waals surface area contributed by atoms with E-state index in [1.54, 1.807) is 31.3 Å². The molecule has 2 N–H and O–H groups in total. The average molecular weight is 309 g/mol. The van der Waals surface area contributed by atoms with E-state index < -0.39 is 15.8 Å². The normalized spacial score (nSPS) is 11.8. The van der Waals surface area contributed by atoms with E-state index in [4.69, 9.17) is 5.73 Å². The van der Waals surface area contributed by atoms with Crippen molar-refractivity contribution in [2.24, 2.45) is 0 Å². The summed E-state index contributed by atoms with van der Waals surface area (Å²) >= 11 is 0. The van der Waals surface area contributed by atoms with E-state index in [9.17, 15) is 12.8 Å². The number of benzene rings is 1. The molecule has 0 aliphatic rings. The summed E-state index contributed by atoms with van der Waals surface area (Å²) in [7, 11) is -3.87. The van der Waals surface area contributed by atoms with Crippen LogP contribution in [0, 0.1) is 5.82 Å². The number of anilines is 1. The van der Waals surface area contributed by atoms with E-state index in [0.29, 0.717) is 5.69 Å². The molecule has 2 aromatic rings. The lowest BCUT2D eigenvalue weighted by atomic mass is 10.3. The van der Waals surface area contributed by atoms with Crippen molar-refractivity contribution in [3.8, 4) is 0 Å². The molecule has 7 heteroatoms. The molecule has 112 valence electrons. The molecule has 0 amide bonds. The molecule has 1 aromatic heterocycles. The molecule has 0 radical (unpaired) electrons. The van der Waals surface area contributed by atoms with Crippen molar-refractivity contribution < 1.29 is 12.8 Å². The average Bonchev–Trinajstić information content (AvgIpc) is 2.48. The van der Waals surface area contributed by atoms with Crippen molar-refractivity contribution in [3.05, 3.63) is 54.1 Å². The lowest BCUT2D eigenvalue weighted by Crippen LogP contribution is -2.31. The lowest BCUT2D eigenvalue weighted by molar-refractivity contribution is 0.419. The molecule has 0 aliphatic carbocycles. The summed E-state index contributed by atoms with van der Waals surface area (Å²) in [6.07, 6.45) is 1.59. The highest BCUT2D eigenvalue weighted by Gasteiger charge is 2.26. The van der Waals surface area contributed by atoms with E-state index in [0.717, 1.165) is 12.1 Å². The third kappa shape index (κ3) is 3.37. The van der Waals surface area contributed by atoms with Gasteiger partial charge in [-0.15, -0.1) is 0 Å². The molecular formula is C14H16FN3O2S. The van der Waals surface area contributed by atoms with Crippen LogP contribution >= 0.6 is 0 Å². The van der Waals surface area contributed by atoms with Crippen molar-refractivity contribution in [1.82, 2.24) is 9.29 Å². The van der Waals surface area contributed by atoms with Crippen LogP contribution in [0.25, 0.3) is 0 Å². The second kappa shape index (κ2) is 6.19. The zero-order valence-corrected chi connectivity index (χ0v) is 12.3. The van der Waals surface area contributed by atoms with Crippen LogP contribution < -0.4 is 5.73 Å². The van der Waals surface area contributed by atoms with E-state index >= 15 is 0 Å². The van der Waals surface area contributed by atoms with Gasteiger partial charge in [0.1, 0.15) is 10.7 Å². The quantitative estimate of drug-likeness (QED) is 0.857. The molecule has 21 heavy (non-hydrogen) atoms. The van der Waals surface area contributed by atoms with Crippen LogP contribution in [0.4, 0.5) is 10.1 Å². The molecule has 1 heterocycles. The van der Waals surface area contributed by atoms with Gasteiger partial charge in [-0.05, 0) is 30.3 Å². The van der Waals surface area contributed by atoms with Gasteiger partial charge in [-0.25, -0.2) is 12.8 Å². The summed E-state index contributed by atoms with van der Waals surface area (Å²) in [5.74, 6) is -0.642. The summed E-state index contributed by atoms with van der Waals surface area (Å²) in [5, 5.41) is 0. The zero-order chi connectivity index (χ0) is 15.5. The van der Waals surface area contributed by atoms with Crippen LogP contribution in [0.15, 0.2) is 47.5 Å². The number of nitrogens with two attached hydrogens (primary N) is 1. The SMILES string of the molecule is CCN(Cc1ccccn1)S(=O)(=O)c1cc(F)ccc1N. The van der Waals surface area contributed by atoms with Gasteiger partial charge in [-0.3, -0.25) is 4.98 Å². The summed E-state index contributed by atoms with van der Waals surface area (Å²) in [5.41, 5.74) is 6.31. The predicted molar refractivity (Wildman–Crippen MR) is 78.3 cm³/mol. The van der Waals surface area contributed by atoms with Crippen molar-refractivity contribution >= 4 is 15.7 Å². The monoisotopic (exact) mass is 309 g/mol. The maximum Gasteiger partial charge on any atom is 0.245 e.